The molecular weight excluding hydrogens is 264 g/mol. The van der Waals surface area contributed by atoms with E-state index < -0.39 is 0 Å². The zero-order valence-corrected chi connectivity index (χ0v) is 15.5. The molecule has 0 N–H and O–H groups in total. The largest absolute Gasteiger partial charge is 0.0654 e. The van der Waals surface area contributed by atoms with Crippen LogP contribution in [0.5, 0.6) is 0 Å². The Morgan fingerprint density at radius 2 is 1.00 bits per heavy atom. The summed E-state index contributed by atoms with van der Waals surface area (Å²) >= 11 is 0. The first-order valence-corrected chi connectivity index (χ1v) is 9.95. The van der Waals surface area contributed by atoms with Gasteiger partial charge in [0, 0.05) is 0 Å². The van der Waals surface area contributed by atoms with E-state index in [2.05, 4.69) is 27.7 Å². The number of hydrogen-bond acceptors (Lipinski definition) is 0. The van der Waals surface area contributed by atoms with E-state index in [1.54, 1.807) is 33.4 Å². The third-order valence-electron chi connectivity index (χ3n) is 5.56. The van der Waals surface area contributed by atoms with Crippen molar-refractivity contribution in [1.82, 2.24) is 0 Å². The summed E-state index contributed by atoms with van der Waals surface area (Å²) in [5.41, 5.74) is 10.6. The fourth-order valence-electron chi connectivity index (χ4n) is 4.46. The second-order valence-electron chi connectivity index (χ2n) is 6.99. The van der Waals surface area contributed by atoms with Gasteiger partial charge in [0.2, 0.25) is 0 Å². The standard InChI is InChI=1S/C22H36/c1-5-9-13-19-17(7-3)21-15-11-12-16-22(21)18(8-4)20(19)14-10-6-2/h5-16H2,1-4H3. The highest BCUT2D eigenvalue weighted by Gasteiger charge is 2.22. The number of benzene rings is 1. The second-order valence-corrected chi connectivity index (χ2v) is 6.99. The van der Waals surface area contributed by atoms with Crippen LogP contribution in [0.4, 0.5) is 0 Å². The van der Waals surface area contributed by atoms with E-state index >= 15 is 0 Å². The minimum Gasteiger partial charge on any atom is -0.0654 e. The van der Waals surface area contributed by atoms with E-state index in [0.29, 0.717) is 0 Å². The number of unbranched alkanes of at least 4 members (excludes halogenated alkanes) is 2. The van der Waals surface area contributed by atoms with Gasteiger partial charge in [0.1, 0.15) is 0 Å². The van der Waals surface area contributed by atoms with Gasteiger partial charge in [-0.25, -0.2) is 0 Å². The Morgan fingerprint density at radius 1 is 0.591 bits per heavy atom. The zero-order valence-electron chi connectivity index (χ0n) is 15.5. The van der Waals surface area contributed by atoms with Crippen LogP contribution in [0.2, 0.25) is 0 Å². The molecule has 0 saturated heterocycles. The predicted octanol–water partition coefficient (Wildman–Crippen LogP) is 6.38. The summed E-state index contributed by atoms with van der Waals surface area (Å²) in [5, 5.41) is 0. The maximum Gasteiger partial charge on any atom is -0.0273 e. The lowest BCUT2D eigenvalue weighted by Gasteiger charge is -2.29. The molecule has 0 aromatic heterocycles. The molecule has 0 aliphatic heterocycles. The highest BCUT2D eigenvalue weighted by molar-refractivity contribution is 5.53. The van der Waals surface area contributed by atoms with Crippen molar-refractivity contribution in [3.63, 3.8) is 0 Å². The lowest BCUT2D eigenvalue weighted by Crippen LogP contribution is -2.16. The van der Waals surface area contributed by atoms with Crippen LogP contribution in [0.25, 0.3) is 0 Å². The van der Waals surface area contributed by atoms with E-state index in [-0.39, 0.29) is 0 Å². The molecule has 0 nitrogen and oxygen atoms in total. The lowest BCUT2D eigenvalue weighted by atomic mass is 9.76. The monoisotopic (exact) mass is 300 g/mol. The van der Waals surface area contributed by atoms with Crippen LogP contribution >= 0.6 is 0 Å². The van der Waals surface area contributed by atoms with E-state index in [4.69, 9.17) is 0 Å². The fraction of sp³-hybridized carbons (Fsp3) is 0.727. The molecule has 1 aromatic rings. The van der Waals surface area contributed by atoms with Crippen molar-refractivity contribution < 1.29 is 0 Å². The molecule has 0 unspecified atom stereocenters. The molecule has 0 radical (unpaired) electrons. The van der Waals surface area contributed by atoms with Gasteiger partial charge in [-0.1, -0.05) is 40.5 Å². The number of rotatable bonds is 8. The molecular formula is C22H36. The Morgan fingerprint density at radius 3 is 1.32 bits per heavy atom. The van der Waals surface area contributed by atoms with Crippen molar-refractivity contribution in [3.8, 4) is 0 Å². The lowest BCUT2D eigenvalue weighted by molar-refractivity contribution is 0.659. The van der Waals surface area contributed by atoms with Crippen molar-refractivity contribution in [2.45, 2.75) is 105 Å². The van der Waals surface area contributed by atoms with Crippen LogP contribution in [0.1, 0.15) is 99.6 Å². The third-order valence-corrected chi connectivity index (χ3v) is 5.56. The van der Waals surface area contributed by atoms with Gasteiger partial charge >= 0.3 is 0 Å². The fourth-order valence-corrected chi connectivity index (χ4v) is 4.46. The minimum absolute atomic E-state index is 1.24. The summed E-state index contributed by atoms with van der Waals surface area (Å²) < 4.78 is 0. The molecule has 124 valence electrons. The minimum atomic E-state index is 1.24. The molecule has 0 bridgehead atoms. The molecule has 1 aliphatic carbocycles. The predicted molar refractivity (Wildman–Crippen MR) is 99.1 cm³/mol. The third kappa shape index (κ3) is 3.58. The molecule has 22 heavy (non-hydrogen) atoms. The molecule has 1 aliphatic rings. The first-order chi connectivity index (χ1) is 10.8. The van der Waals surface area contributed by atoms with Gasteiger partial charge in [0.15, 0.2) is 0 Å². The molecule has 0 heteroatoms. The van der Waals surface area contributed by atoms with E-state index in [1.807, 2.05) is 0 Å². The summed E-state index contributed by atoms with van der Waals surface area (Å²) in [6, 6.07) is 0. The Balaban J connectivity index is 2.59. The first-order valence-electron chi connectivity index (χ1n) is 9.95. The molecule has 1 aromatic carbocycles. The Hall–Kier alpha value is -0.780. The summed E-state index contributed by atoms with van der Waals surface area (Å²) in [4.78, 5) is 0. The van der Waals surface area contributed by atoms with Crippen LogP contribution in [-0.4, -0.2) is 0 Å². The van der Waals surface area contributed by atoms with Crippen LogP contribution in [-0.2, 0) is 38.5 Å². The first kappa shape index (κ1) is 17.6. The quantitative estimate of drug-likeness (QED) is 0.523. The van der Waals surface area contributed by atoms with Crippen LogP contribution < -0.4 is 0 Å². The molecule has 0 saturated carbocycles. The van der Waals surface area contributed by atoms with Gasteiger partial charge < -0.3 is 0 Å². The maximum atomic E-state index is 2.38. The molecule has 0 fully saturated rings. The van der Waals surface area contributed by atoms with Gasteiger partial charge in [0.25, 0.3) is 0 Å². The summed E-state index contributed by atoms with van der Waals surface area (Å²) in [7, 11) is 0. The van der Waals surface area contributed by atoms with E-state index in [1.165, 1.54) is 77.0 Å². The highest BCUT2D eigenvalue weighted by atomic mass is 14.3. The molecule has 2 rings (SSSR count). The zero-order chi connectivity index (χ0) is 15.9. The highest BCUT2D eigenvalue weighted by Crippen LogP contribution is 2.36. The second kappa shape index (κ2) is 8.75. The van der Waals surface area contributed by atoms with Crippen molar-refractivity contribution in [2.75, 3.05) is 0 Å². The van der Waals surface area contributed by atoms with Gasteiger partial charge in [-0.05, 0) is 97.6 Å². The van der Waals surface area contributed by atoms with Gasteiger partial charge in [-0.3, -0.25) is 0 Å². The summed E-state index contributed by atoms with van der Waals surface area (Å²) in [6.45, 7) is 9.43. The Labute approximate surface area is 138 Å². The molecule has 0 heterocycles. The number of hydrogen-bond donors (Lipinski definition) is 0. The van der Waals surface area contributed by atoms with Crippen LogP contribution in [0, 0.1) is 0 Å². The summed E-state index contributed by atoms with van der Waals surface area (Å²) in [6.07, 6.45) is 16.0. The van der Waals surface area contributed by atoms with Gasteiger partial charge in [-0.15, -0.1) is 0 Å². The van der Waals surface area contributed by atoms with Crippen LogP contribution in [0.3, 0.4) is 0 Å². The Bertz CT molecular complexity index is 437. The van der Waals surface area contributed by atoms with Gasteiger partial charge in [-0.2, -0.15) is 0 Å². The topological polar surface area (TPSA) is 0 Å². The van der Waals surface area contributed by atoms with Crippen molar-refractivity contribution in [1.29, 1.82) is 0 Å². The average molecular weight is 301 g/mol. The maximum absolute atomic E-state index is 2.38. The van der Waals surface area contributed by atoms with Gasteiger partial charge in [0.05, 0.1) is 0 Å². The smallest absolute Gasteiger partial charge is 0.0273 e. The number of fused-ring (bicyclic) bond motifs is 1. The average Bonchev–Trinajstić information content (AvgIpc) is 2.56. The van der Waals surface area contributed by atoms with Crippen molar-refractivity contribution in [3.05, 3.63) is 33.4 Å². The molecule has 0 spiro atoms. The Kier molecular flexibility index (Phi) is 6.99. The van der Waals surface area contributed by atoms with Crippen molar-refractivity contribution in [2.24, 2.45) is 0 Å². The van der Waals surface area contributed by atoms with Crippen molar-refractivity contribution >= 4 is 0 Å². The normalized spacial score (nSPS) is 14.2. The SMILES string of the molecule is CCCCc1c(CC)c2c(c(CC)c1CCCC)CCCC2. The summed E-state index contributed by atoms with van der Waals surface area (Å²) in [5.74, 6) is 0. The van der Waals surface area contributed by atoms with E-state index in [9.17, 15) is 0 Å². The van der Waals surface area contributed by atoms with Crippen LogP contribution in [0.15, 0.2) is 0 Å². The van der Waals surface area contributed by atoms with E-state index in [0.717, 1.165) is 0 Å². The molecule has 0 amide bonds. The molecule has 0 atom stereocenters.